The number of urea groups is 1. The molecule has 0 aromatic heterocycles. The van der Waals surface area contributed by atoms with Gasteiger partial charge in [-0.15, -0.1) is 0 Å². The summed E-state index contributed by atoms with van der Waals surface area (Å²) in [6.45, 7) is 5.28. The summed E-state index contributed by atoms with van der Waals surface area (Å²) < 4.78 is 4.93. The highest BCUT2D eigenvalue weighted by Crippen LogP contribution is 2.01. The zero-order chi connectivity index (χ0) is 15.5. The molecule has 116 valence electrons. The highest BCUT2D eigenvalue weighted by atomic mass is 16.5. The van der Waals surface area contributed by atoms with E-state index in [1.54, 1.807) is 7.11 Å². The quantitative estimate of drug-likeness (QED) is 0.662. The van der Waals surface area contributed by atoms with Crippen molar-refractivity contribution in [1.29, 1.82) is 0 Å². The number of rotatable bonds is 9. The minimum atomic E-state index is -0.953. The van der Waals surface area contributed by atoms with Crippen LogP contribution in [0.25, 0.3) is 0 Å². The van der Waals surface area contributed by atoms with Crippen LogP contribution in [0.4, 0.5) is 4.79 Å². The number of carbonyl (C=O) groups is 3. The molecule has 0 aromatic rings. The van der Waals surface area contributed by atoms with Crippen LogP contribution in [0.3, 0.4) is 0 Å². The van der Waals surface area contributed by atoms with E-state index in [-0.39, 0.29) is 25.2 Å². The Morgan fingerprint density at radius 3 is 2.40 bits per heavy atom. The summed E-state index contributed by atoms with van der Waals surface area (Å²) in [5, 5.41) is 10.7. The van der Waals surface area contributed by atoms with E-state index in [9.17, 15) is 14.4 Å². The molecule has 20 heavy (non-hydrogen) atoms. The van der Waals surface area contributed by atoms with E-state index in [1.807, 2.05) is 13.8 Å². The van der Waals surface area contributed by atoms with E-state index in [0.29, 0.717) is 19.7 Å². The highest BCUT2D eigenvalue weighted by molar-refractivity contribution is 5.94. The highest BCUT2D eigenvalue weighted by Gasteiger charge is 2.17. The van der Waals surface area contributed by atoms with Crippen LogP contribution < -0.4 is 5.32 Å². The Bertz CT molecular complexity index is 331. The molecule has 0 aromatic carbocycles. The molecular formula is C13H24N2O5. The summed E-state index contributed by atoms with van der Waals surface area (Å²) in [5.74, 6) is -1.13. The van der Waals surface area contributed by atoms with Crippen LogP contribution >= 0.6 is 0 Å². The van der Waals surface area contributed by atoms with Crippen molar-refractivity contribution in [2.45, 2.75) is 33.1 Å². The van der Waals surface area contributed by atoms with Gasteiger partial charge in [-0.25, -0.2) is 4.79 Å². The molecule has 0 fully saturated rings. The summed E-state index contributed by atoms with van der Waals surface area (Å²) in [6, 6.07) is -0.462. The number of imide groups is 1. The second-order valence-corrected chi connectivity index (χ2v) is 4.93. The van der Waals surface area contributed by atoms with Crippen molar-refractivity contribution in [1.82, 2.24) is 10.2 Å². The molecule has 0 aliphatic heterocycles. The monoisotopic (exact) mass is 288 g/mol. The molecular weight excluding hydrogens is 264 g/mol. The van der Waals surface area contributed by atoms with Crippen LogP contribution in [0.2, 0.25) is 0 Å². The largest absolute Gasteiger partial charge is 0.481 e. The van der Waals surface area contributed by atoms with Crippen molar-refractivity contribution in [3.8, 4) is 0 Å². The molecule has 0 saturated carbocycles. The zero-order valence-electron chi connectivity index (χ0n) is 12.3. The van der Waals surface area contributed by atoms with E-state index < -0.39 is 17.9 Å². The number of hydrogen-bond donors (Lipinski definition) is 2. The van der Waals surface area contributed by atoms with Crippen molar-refractivity contribution >= 4 is 17.9 Å². The number of nitrogens with one attached hydrogen (secondary N) is 1. The van der Waals surface area contributed by atoms with Crippen LogP contribution in [0.5, 0.6) is 0 Å². The molecule has 0 saturated heterocycles. The average molecular weight is 288 g/mol. The third kappa shape index (κ3) is 9.32. The van der Waals surface area contributed by atoms with E-state index in [4.69, 9.17) is 9.84 Å². The predicted molar refractivity (Wildman–Crippen MR) is 73.3 cm³/mol. The molecule has 3 amide bonds. The Hall–Kier alpha value is -1.63. The standard InChI is InChI=1S/C13H24N2O5/c1-10(2)9-15(7-8-20-3)13(19)14-11(16)5-4-6-12(17)18/h10H,4-9H2,1-3H3,(H,17,18)(H,14,16,19). The van der Waals surface area contributed by atoms with Gasteiger partial charge in [0.15, 0.2) is 0 Å². The van der Waals surface area contributed by atoms with Gasteiger partial charge >= 0.3 is 12.0 Å². The van der Waals surface area contributed by atoms with Crippen molar-refractivity contribution < 1.29 is 24.2 Å². The normalized spacial score (nSPS) is 10.4. The summed E-state index contributed by atoms with van der Waals surface area (Å²) in [6.07, 6.45) is 0.162. The Balaban J connectivity index is 4.21. The molecule has 0 heterocycles. The third-order valence-corrected chi connectivity index (χ3v) is 2.48. The maximum absolute atomic E-state index is 11.9. The SMILES string of the molecule is COCCN(CC(C)C)C(=O)NC(=O)CCCC(=O)O. The average Bonchev–Trinajstić information content (AvgIpc) is 2.33. The van der Waals surface area contributed by atoms with Gasteiger partial charge < -0.3 is 14.7 Å². The van der Waals surface area contributed by atoms with Gasteiger partial charge in [-0.2, -0.15) is 0 Å². The first kappa shape index (κ1) is 18.4. The number of carbonyl (C=O) groups excluding carboxylic acids is 2. The van der Waals surface area contributed by atoms with Crippen LogP contribution in [-0.4, -0.2) is 54.7 Å². The molecule has 0 atom stereocenters. The maximum atomic E-state index is 11.9. The van der Waals surface area contributed by atoms with Gasteiger partial charge in [0, 0.05) is 33.0 Å². The topological polar surface area (TPSA) is 95.9 Å². The van der Waals surface area contributed by atoms with E-state index in [1.165, 1.54) is 4.90 Å². The van der Waals surface area contributed by atoms with Crippen LogP contribution in [0, 0.1) is 5.92 Å². The number of carboxylic acids is 1. The molecule has 7 nitrogen and oxygen atoms in total. The zero-order valence-corrected chi connectivity index (χ0v) is 12.3. The Morgan fingerprint density at radius 1 is 1.25 bits per heavy atom. The van der Waals surface area contributed by atoms with Crippen LogP contribution in [0.1, 0.15) is 33.1 Å². The molecule has 7 heteroatoms. The van der Waals surface area contributed by atoms with Crippen molar-refractivity contribution in [3.63, 3.8) is 0 Å². The molecule has 0 aliphatic rings. The second kappa shape index (κ2) is 10.2. The fourth-order valence-corrected chi connectivity index (χ4v) is 1.58. The predicted octanol–water partition coefficient (Wildman–Crippen LogP) is 1.08. The molecule has 0 bridgehead atoms. The molecule has 0 spiro atoms. The summed E-state index contributed by atoms with van der Waals surface area (Å²) >= 11 is 0. The fourth-order valence-electron chi connectivity index (χ4n) is 1.58. The first-order valence-electron chi connectivity index (χ1n) is 6.66. The number of amides is 3. The van der Waals surface area contributed by atoms with Gasteiger partial charge in [0.25, 0.3) is 0 Å². The first-order chi connectivity index (χ1) is 9.36. The van der Waals surface area contributed by atoms with Gasteiger partial charge in [0.1, 0.15) is 0 Å². The molecule has 0 aliphatic carbocycles. The van der Waals surface area contributed by atoms with E-state index in [0.717, 1.165) is 0 Å². The summed E-state index contributed by atoms with van der Waals surface area (Å²) in [4.78, 5) is 35.3. The van der Waals surface area contributed by atoms with Gasteiger partial charge in [0.05, 0.1) is 6.61 Å². The smallest absolute Gasteiger partial charge is 0.324 e. The second-order valence-electron chi connectivity index (χ2n) is 4.93. The summed E-state index contributed by atoms with van der Waals surface area (Å²) in [7, 11) is 1.54. The molecule has 0 unspecified atom stereocenters. The Morgan fingerprint density at radius 2 is 1.90 bits per heavy atom. The minimum absolute atomic E-state index is 0.0256. The van der Waals surface area contributed by atoms with Gasteiger partial charge in [-0.05, 0) is 12.3 Å². The van der Waals surface area contributed by atoms with Gasteiger partial charge in [0.2, 0.25) is 5.91 Å². The first-order valence-corrected chi connectivity index (χ1v) is 6.66. The number of aliphatic carboxylic acids is 1. The number of ether oxygens (including phenoxy) is 1. The van der Waals surface area contributed by atoms with Crippen molar-refractivity contribution in [3.05, 3.63) is 0 Å². The number of methoxy groups -OCH3 is 1. The number of hydrogen-bond acceptors (Lipinski definition) is 4. The van der Waals surface area contributed by atoms with Crippen LogP contribution in [-0.2, 0) is 14.3 Å². The Kier molecular flexibility index (Phi) is 9.36. The molecule has 2 N–H and O–H groups in total. The molecule has 0 rings (SSSR count). The fraction of sp³-hybridized carbons (Fsp3) is 0.769. The van der Waals surface area contributed by atoms with E-state index in [2.05, 4.69) is 5.32 Å². The Labute approximate surface area is 119 Å². The van der Waals surface area contributed by atoms with Gasteiger partial charge in [-0.3, -0.25) is 14.9 Å². The third-order valence-electron chi connectivity index (χ3n) is 2.48. The minimum Gasteiger partial charge on any atom is -0.481 e. The van der Waals surface area contributed by atoms with Crippen molar-refractivity contribution in [2.24, 2.45) is 5.92 Å². The lowest BCUT2D eigenvalue weighted by Gasteiger charge is -2.24. The maximum Gasteiger partial charge on any atom is 0.324 e. The molecule has 0 radical (unpaired) electrons. The lowest BCUT2D eigenvalue weighted by Crippen LogP contribution is -2.45. The summed E-state index contributed by atoms with van der Waals surface area (Å²) in [5.41, 5.74) is 0. The van der Waals surface area contributed by atoms with Gasteiger partial charge in [-0.1, -0.05) is 13.8 Å². The van der Waals surface area contributed by atoms with Crippen LogP contribution in [0.15, 0.2) is 0 Å². The van der Waals surface area contributed by atoms with E-state index >= 15 is 0 Å². The van der Waals surface area contributed by atoms with Crippen molar-refractivity contribution in [2.75, 3.05) is 26.8 Å². The lowest BCUT2D eigenvalue weighted by atomic mass is 10.2. The number of carboxylic acid groups (broad SMARTS) is 1. The lowest BCUT2D eigenvalue weighted by molar-refractivity contribution is -0.137. The number of nitrogens with zero attached hydrogens (tertiary/aromatic N) is 1.